The highest BCUT2D eigenvalue weighted by atomic mass is 35.5. The Hall–Kier alpha value is -1.29. The van der Waals surface area contributed by atoms with Gasteiger partial charge in [0.25, 0.3) is 0 Å². The number of nitrogens with zero attached hydrogens (tertiary/aromatic N) is 2. The molecular formula is C10H12ClN3O. The summed E-state index contributed by atoms with van der Waals surface area (Å²) >= 11 is 5.98. The van der Waals surface area contributed by atoms with Gasteiger partial charge >= 0.3 is 0 Å². The molecule has 2 rings (SSSR count). The van der Waals surface area contributed by atoms with Crippen molar-refractivity contribution in [3.8, 4) is 0 Å². The lowest BCUT2D eigenvalue weighted by atomic mass is 9.91. The fourth-order valence-corrected chi connectivity index (χ4v) is 1.70. The molecule has 0 fully saturated rings. The Labute approximate surface area is 92.4 Å². The summed E-state index contributed by atoms with van der Waals surface area (Å²) in [5.74, 6) is 0.308. The van der Waals surface area contributed by atoms with Crippen LogP contribution in [0.5, 0.6) is 0 Å². The van der Waals surface area contributed by atoms with Crippen LogP contribution in [0.3, 0.4) is 0 Å². The van der Waals surface area contributed by atoms with E-state index in [4.69, 9.17) is 21.9 Å². The zero-order valence-corrected chi connectivity index (χ0v) is 9.59. The van der Waals surface area contributed by atoms with Crippen LogP contribution in [-0.2, 0) is 5.41 Å². The van der Waals surface area contributed by atoms with Crippen LogP contribution in [0.15, 0.2) is 10.7 Å². The first-order chi connectivity index (χ1) is 6.91. The van der Waals surface area contributed by atoms with Crippen molar-refractivity contribution in [2.45, 2.75) is 26.2 Å². The molecule has 0 aliphatic heterocycles. The van der Waals surface area contributed by atoms with Crippen molar-refractivity contribution < 1.29 is 4.52 Å². The molecule has 4 nitrogen and oxygen atoms in total. The van der Waals surface area contributed by atoms with Gasteiger partial charge in [-0.1, -0.05) is 37.5 Å². The predicted molar refractivity (Wildman–Crippen MR) is 59.9 cm³/mol. The molecule has 0 aromatic carbocycles. The molecule has 0 saturated heterocycles. The molecule has 0 aliphatic carbocycles. The van der Waals surface area contributed by atoms with Gasteiger partial charge in [0.15, 0.2) is 11.4 Å². The minimum absolute atomic E-state index is 0.130. The number of nitrogen functional groups attached to an aromatic ring is 1. The van der Waals surface area contributed by atoms with Gasteiger partial charge in [-0.3, -0.25) is 4.98 Å². The number of hydrogen-bond acceptors (Lipinski definition) is 4. The van der Waals surface area contributed by atoms with Crippen LogP contribution in [-0.4, -0.2) is 10.1 Å². The smallest absolute Gasteiger partial charge is 0.192 e. The second-order valence-corrected chi connectivity index (χ2v) is 4.88. The summed E-state index contributed by atoms with van der Waals surface area (Å²) in [6, 6.07) is 0. The van der Waals surface area contributed by atoms with E-state index in [9.17, 15) is 0 Å². The third kappa shape index (κ3) is 1.55. The third-order valence-corrected chi connectivity index (χ3v) is 2.48. The van der Waals surface area contributed by atoms with Crippen LogP contribution in [0.4, 0.5) is 5.82 Å². The van der Waals surface area contributed by atoms with E-state index in [2.05, 4.69) is 10.1 Å². The first kappa shape index (κ1) is 10.2. The Bertz CT molecular complexity index is 513. The molecule has 0 atom stereocenters. The summed E-state index contributed by atoms with van der Waals surface area (Å²) in [5, 5.41) is 4.83. The molecule has 0 amide bonds. The summed E-state index contributed by atoms with van der Waals surface area (Å²) in [6.45, 7) is 6.13. The maximum atomic E-state index is 5.98. The van der Waals surface area contributed by atoms with Crippen molar-refractivity contribution in [2.75, 3.05) is 5.73 Å². The van der Waals surface area contributed by atoms with Crippen LogP contribution in [0.25, 0.3) is 11.0 Å². The SMILES string of the molecule is CC(C)(C)c1ncc(Cl)c2c(N)noc12. The van der Waals surface area contributed by atoms with E-state index in [1.165, 1.54) is 0 Å². The van der Waals surface area contributed by atoms with Crippen LogP contribution in [0.1, 0.15) is 26.5 Å². The minimum Gasteiger partial charge on any atom is -0.380 e. The quantitative estimate of drug-likeness (QED) is 0.749. The number of aromatic nitrogens is 2. The first-order valence-corrected chi connectivity index (χ1v) is 4.99. The monoisotopic (exact) mass is 225 g/mol. The number of anilines is 1. The normalized spacial score (nSPS) is 12.3. The van der Waals surface area contributed by atoms with Crippen molar-refractivity contribution in [1.29, 1.82) is 0 Å². The van der Waals surface area contributed by atoms with Crippen LogP contribution in [0.2, 0.25) is 5.02 Å². The molecule has 2 aromatic heterocycles. The third-order valence-electron chi connectivity index (χ3n) is 2.19. The molecule has 0 saturated carbocycles. The van der Waals surface area contributed by atoms with Gasteiger partial charge in [-0.25, -0.2) is 0 Å². The van der Waals surface area contributed by atoms with E-state index in [1.54, 1.807) is 6.20 Å². The molecule has 0 bridgehead atoms. The highest BCUT2D eigenvalue weighted by Gasteiger charge is 2.24. The van der Waals surface area contributed by atoms with Crippen molar-refractivity contribution in [3.63, 3.8) is 0 Å². The molecule has 0 spiro atoms. The average Bonchev–Trinajstić information content (AvgIpc) is 2.47. The standard InChI is InChI=1S/C10H12ClN3O/c1-10(2,3)8-7-6(5(11)4-13-8)9(12)14-15-7/h4H,1-3H3,(H2,12,14). The van der Waals surface area contributed by atoms with Gasteiger partial charge in [-0.2, -0.15) is 0 Å². The Kier molecular flexibility index (Phi) is 2.12. The van der Waals surface area contributed by atoms with Crippen molar-refractivity contribution >= 4 is 28.4 Å². The van der Waals surface area contributed by atoms with E-state index in [0.717, 1.165) is 5.69 Å². The van der Waals surface area contributed by atoms with Gasteiger partial charge in [0.2, 0.25) is 0 Å². The topological polar surface area (TPSA) is 64.9 Å². The molecule has 15 heavy (non-hydrogen) atoms. The molecule has 0 radical (unpaired) electrons. The number of halogens is 1. The maximum absolute atomic E-state index is 5.98. The van der Waals surface area contributed by atoms with Gasteiger partial charge in [0.05, 0.1) is 16.1 Å². The fourth-order valence-electron chi connectivity index (χ4n) is 1.47. The lowest BCUT2D eigenvalue weighted by Gasteiger charge is -2.17. The molecule has 2 aromatic rings. The summed E-state index contributed by atoms with van der Waals surface area (Å²) < 4.78 is 5.17. The number of nitrogens with two attached hydrogens (primary N) is 1. The number of hydrogen-bond donors (Lipinski definition) is 1. The van der Waals surface area contributed by atoms with Gasteiger partial charge in [-0.15, -0.1) is 0 Å². The minimum atomic E-state index is -0.130. The summed E-state index contributed by atoms with van der Waals surface area (Å²) in [4.78, 5) is 4.27. The fraction of sp³-hybridized carbons (Fsp3) is 0.400. The van der Waals surface area contributed by atoms with Crippen LogP contribution in [0, 0.1) is 0 Å². The maximum Gasteiger partial charge on any atom is 0.192 e. The van der Waals surface area contributed by atoms with Crippen LogP contribution < -0.4 is 5.73 Å². The van der Waals surface area contributed by atoms with E-state index in [-0.39, 0.29) is 5.41 Å². The van der Waals surface area contributed by atoms with Gasteiger partial charge < -0.3 is 10.3 Å². The zero-order chi connectivity index (χ0) is 11.2. The number of fused-ring (bicyclic) bond motifs is 1. The number of rotatable bonds is 0. The Morgan fingerprint density at radius 2 is 2.07 bits per heavy atom. The van der Waals surface area contributed by atoms with E-state index in [0.29, 0.717) is 21.8 Å². The van der Waals surface area contributed by atoms with Gasteiger partial charge in [0.1, 0.15) is 0 Å². The first-order valence-electron chi connectivity index (χ1n) is 4.61. The molecular weight excluding hydrogens is 214 g/mol. The second-order valence-electron chi connectivity index (χ2n) is 4.48. The van der Waals surface area contributed by atoms with E-state index < -0.39 is 0 Å². The van der Waals surface area contributed by atoms with E-state index >= 15 is 0 Å². The predicted octanol–water partition coefficient (Wildman–Crippen LogP) is 2.76. The van der Waals surface area contributed by atoms with Gasteiger partial charge in [-0.05, 0) is 0 Å². The van der Waals surface area contributed by atoms with Crippen molar-refractivity contribution in [2.24, 2.45) is 0 Å². The van der Waals surface area contributed by atoms with Crippen molar-refractivity contribution in [3.05, 3.63) is 16.9 Å². The summed E-state index contributed by atoms with van der Waals surface area (Å²) in [5.41, 5.74) is 6.93. The number of pyridine rings is 1. The largest absolute Gasteiger partial charge is 0.380 e. The summed E-state index contributed by atoms with van der Waals surface area (Å²) in [6.07, 6.45) is 1.58. The molecule has 2 N–H and O–H groups in total. The Morgan fingerprint density at radius 3 is 2.67 bits per heavy atom. The molecule has 2 heterocycles. The molecule has 5 heteroatoms. The zero-order valence-electron chi connectivity index (χ0n) is 8.84. The van der Waals surface area contributed by atoms with E-state index in [1.807, 2.05) is 20.8 Å². The van der Waals surface area contributed by atoms with Gasteiger partial charge in [0, 0.05) is 11.6 Å². The second kappa shape index (κ2) is 3.10. The van der Waals surface area contributed by atoms with Crippen molar-refractivity contribution in [1.82, 2.24) is 10.1 Å². The lowest BCUT2D eigenvalue weighted by molar-refractivity contribution is 0.446. The molecule has 80 valence electrons. The molecule has 0 aliphatic rings. The highest BCUT2D eigenvalue weighted by Crippen LogP contribution is 2.34. The van der Waals surface area contributed by atoms with Crippen LogP contribution >= 0.6 is 11.6 Å². The Balaban J connectivity index is 2.85. The molecule has 0 unspecified atom stereocenters. The summed E-state index contributed by atoms with van der Waals surface area (Å²) in [7, 11) is 0. The highest BCUT2D eigenvalue weighted by molar-refractivity contribution is 6.36. The average molecular weight is 226 g/mol. The Morgan fingerprint density at radius 1 is 1.40 bits per heavy atom. The lowest BCUT2D eigenvalue weighted by Crippen LogP contribution is -2.13.